The molecule has 0 amide bonds. The van der Waals surface area contributed by atoms with Gasteiger partial charge in [-0.1, -0.05) is 72.8 Å². The summed E-state index contributed by atoms with van der Waals surface area (Å²) >= 11 is 0. The smallest absolute Gasteiger partial charge is 0.261 e. The Morgan fingerprint density at radius 2 is 1.44 bits per heavy atom. The topological polar surface area (TPSA) is 52.0 Å². The average Bonchev–Trinajstić information content (AvgIpc) is 2.72. The van der Waals surface area contributed by atoms with Gasteiger partial charge >= 0.3 is 0 Å². The van der Waals surface area contributed by atoms with Crippen molar-refractivity contribution >= 4 is 16.7 Å². The van der Waals surface area contributed by atoms with Crippen LogP contribution in [0.15, 0.2) is 89.7 Å². The number of para-hydroxylation sites is 1. The monoisotopic (exact) mass is 354 g/mol. The maximum atomic E-state index is 13.1. The molecule has 4 aromatic rings. The lowest BCUT2D eigenvalue weighted by molar-refractivity contribution is 0.0969. The van der Waals surface area contributed by atoms with E-state index in [-0.39, 0.29) is 17.9 Å². The van der Waals surface area contributed by atoms with E-state index in [1.165, 1.54) is 4.57 Å². The SMILES string of the molecule is O=C(Cn1c(Cc2ccccc2)nc2ccccc2c1=O)c1ccccc1. The quantitative estimate of drug-likeness (QED) is 0.511. The first-order valence-corrected chi connectivity index (χ1v) is 8.83. The Hall–Kier alpha value is -3.53. The average molecular weight is 354 g/mol. The van der Waals surface area contributed by atoms with Gasteiger partial charge in [0.1, 0.15) is 5.82 Å². The Balaban J connectivity index is 1.81. The number of aromatic nitrogens is 2. The van der Waals surface area contributed by atoms with Gasteiger partial charge in [-0.05, 0) is 17.7 Å². The van der Waals surface area contributed by atoms with Crippen molar-refractivity contribution in [2.24, 2.45) is 0 Å². The van der Waals surface area contributed by atoms with Crippen molar-refractivity contribution in [3.05, 3.63) is 112 Å². The van der Waals surface area contributed by atoms with Crippen molar-refractivity contribution < 1.29 is 4.79 Å². The molecule has 0 radical (unpaired) electrons. The van der Waals surface area contributed by atoms with Gasteiger partial charge in [-0.2, -0.15) is 0 Å². The van der Waals surface area contributed by atoms with Crippen LogP contribution >= 0.6 is 0 Å². The molecule has 0 aliphatic heterocycles. The first-order valence-electron chi connectivity index (χ1n) is 8.83. The molecule has 0 aliphatic rings. The van der Waals surface area contributed by atoms with Gasteiger partial charge < -0.3 is 0 Å². The second kappa shape index (κ2) is 7.38. The number of hydrogen-bond acceptors (Lipinski definition) is 3. The fourth-order valence-electron chi connectivity index (χ4n) is 3.15. The molecular weight excluding hydrogens is 336 g/mol. The van der Waals surface area contributed by atoms with E-state index in [9.17, 15) is 9.59 Å². The lowest BCUT2D eigenvalue weighted by Gasteiger charge is -2.13. The highest BCUT2D eigenvalue weighted by Crippen LogP contribution is 2.13. The van der Waals surface area contributed by atoms with Crippen LogP contribution in [0.5, 0.6) is 0 Å². The molecule has 27 heavy (non-hydrogen) atoms. The molecule has 0 saturated heterocycles. The van der Waals surface area contributed by atoms with Gasteiger partial charge in [0, 0.05) is 12.0 Å². The minimum absolute atomic E-state index is 0.0250. The van der Waals surface area contributed by atoms with Crippen LogP contribution in [0.2, 0.25) is 0 Å². The largest absolute Gasteiger partial charge is 0.292 e. The van der Waals surface area contributed by atoms with Crippen LogP contribution in [0, 0.1) is 0 Å². The molecule has 4 heteroatoms. The highest BCUT2D eigenvalue weighted by molar-refractivity contribution is 5.96. The van der Waals surface area contributed by atoms with Crippen molar-refractivity contribution in [2.75, 3.05) is 0 Å². The van der Waals surface area contributed by atoms with Gasteiger partial charge in [0.25, 0.3) is 5.56 Å². The zero-order valence-electron chi connectivity index (χ0n) is 14.7. The first-order chi connectivity index (χ1) is 13.2. The van der Waals surface area contributed by atoms with Crippen molar-refractivity contribution in [1.29, 1.82) is 0 Å². The van der Waals surface area contributed by atoms with Gasteiger partial charge in [0.15, 0.2) is 5.78 Å². The molecule has 4 rings (SSSR count). The summed E-state index contributed by atoms with van der Waals surface area (Å²) in [7, 11) is 0. The molecule has 3 aromatic carbocycles. The molecule has 4 nitrogen and oxygen atoms in total. The van der Waals surface area contributed by atoms with Gasteiger partial charge in [-0.15, -0.1) is 0 Å². The number of fused-ring (bicyclic) bond motifs is 1. The number of Topliss-reactive ketones (excluding diaryl/α,β-unsaturated/α-hetero) is 1. The molecule has 132 valence electrons. The Morgan fingerprint density at radius 1 is 0.815 bits per heavy atom. The van der Waals surface area contributed by atoms with E-state index in [1.54, 1.807) is 18.2 Å². The molecule has 1 heterocycles. The predicted molar refractivity (Wildman–Crippen MR) is 106 cm³/mol. The van der Waals surface area contributed by atoms with Crippen LogP contribution in [-0.2, 0) is 13.0 Å². The van der Waals surface area contributed by atoms with Crippen molar-refractivity contribution in [1.82, 2.24) is 9.55 Å². The van der Waals surface area contributed by atoms with Crippen LogP contribution in [0.3, 0.4) is 0 Å². The fourth-order valence-corrected chi connectivity index (χ4v) is 3.15. The molecule has 0 fully saturated rings. The van der Waals surface area contributed by atoms with Gasteiger partial charge in [-0.3, -0.25) is 14.2 Å². The van der Waals surface area contributed by atoms with Gasteiger partial charge in [-0.25, -0.2) is 4.98 Å². The van der Waals surface area contributed by atoms with E-state index in [0.717, 1.165) is 5.56 Å². The van der Waals surface area contributed by atoms with E-state index >= 15 is 0 Å². The lowest BCUT2D eigenvalue weighted by atomic mass is 10.1. The van der Waals surface area contributed by atoms with Gasteiger partial charge in [0.2, 0.25) is 0 Å². The summed E-state index contributed by atoms with van der Waals surface area (Å²) in [6, 6.07) is 26.1. The maximum Gasteiger partial charge on any atom is 0.261 e. The van der Waals surface area contributed by atoms with E-state index in [1.807, 2.05) is 66.7 Å². The van der Waals surface area contributed by atoms with Crippen molar-refractivity contribution in [3.63, 3.8) is 0 Å². The zero-order valence-corrected chi connectivity index (χ0v) is 14.7. The van der Waals surface area contributed by atoms with Crippen molar-refractivity contribution in [2.45, 2.75) is 13.0 Å². The van der Waals surface area contributed by atoms with Crippen LogP contribution in [0.1, 0.15) is 21.7 Å². The molecule has 0 unspecified atom stereocenters. The van der Waals surface area contributed by atoms with E-state index < -0.39 is 0 Å². The summed E-state index contributed by atoms with van der Waals surface area (Å²) in [5.74, 6) is 0.485. The summed E-state index contributed by atoms with van der Waals surface area (Å²) in [5, 5.41) is 0.523. The van der Waals surface area contributed by atoms with E-state index in [2.05, 4.69) is 4.98 Å². The third kappa shape index (κ3) is 3.55. The number of nitrogens with zero attached hydrogens (tertiary/aromatic N) is 2. The van der Waals surface area contributed by atoms with Crippen LogP contribution in [0.4, 0.5) is 0 Å². The van der Waals surface area contributed by atoms with E-state index in [4.69, 9.17) is 0 Å². The first kappa shape index (κ1) is 16.9. The summed E-state index contributed by atoms with van der Waals surface area (Å²) in [6.45, 7) is -0.0250. The standard InChI is InChI=1S/C23H18N2O2/c26-21(18-11-5-2-6-12-18)16-25-22(15-17-9-3-1-4-10-17)24-20-14-8-7-13-19(20)23(25)27/h1-14H,15-16H2. The van der Waals surface area contributed by atoms with Crippen molar-refractivity contribution in [3.8, 4) is 0 Å². The minimum Gasteiger partial charge on any atom is -0.292 e. The number of carbonyl (C=O) groups excluding carboxylic acids is 1. The molecule has 1 aromatic heterocycles. The Bertz CT molecular complexity index is 1150. The Kier molecular flexibility index (Phi) is 4.62. The molecule has 0 spiro atoms. The summed E-state index contributed by atoms with van der Waals surface area (Å²) in [6.07, 6.45) is 0.489. The molecule has 0 aliphatic carbocycles. The van der Waals surface area contributed by atoms with E-state index in [0.29, 0.717) is 28.7 Å². The number of hydrogen-bond donors (Lipinski definition) is 0. The third-order valence-corrected chi connectivity index (χ3v) is 4.54. The van der Waals surface area contributed by atoms with Crippen LogP contribution in [-0.4, -0.2) is 15.3 Å². The second-order valence-corrected chi connectivity index (χ2v) is 6.39. The maximum absolute atomic E-state index is 13.1. The third-order valence-electron chi connectivity index (χ3n) is 4.54. The number of carbonyl (C=O) groups is 1. The van der Waals surface area contributed by atoms with Gasteiger partial charge in [0.05, 0.1) is 17.4 Å². The second-order valence-electron chi connectivity index (χ2n) is 6.39. The fraction of sp³-hybridized carbons (Fsp3) is 0.0870. The Morgan fingerprint density at radius 3 is 2.19 bits per heavy atom. The highest BCUT2D eigenvalue weighted by Gasteiger charge is 2.15. The van der Waals surface area contributed by atoms with Crippen LogP contribution < -0.4 is 5.56 Å². The lowest BCUT2D eigenvalue weighted by Crippen LogP contribution is -2.29. The van der Waals surface area contributed by atoms with Crippen LogP contribution in [0.25, 0.3) is 10.9 Å². The number of rotatable bonds is 5. The number of benzene rings is 3. The highest BCUT2D eigenvalue weighted by atomic mass is 16.1. The Labute approximate surface area is 156 Å². The molecule has 0 atom stereocenters. The molecular formula is C23H18N2O2. The predicted octanol–water partition coefficient (Wildman–Crippen LogP) is 3.87. The molecule has 0 bridgehead atoms. The molecule has 0 saturated carbocycles. The summed E-state index contributed by atoms with van der Waals surface area (Å²) in [4.78, 5) is 30.5. The number of ketones is 1. The zero-order chi connectivity index (χ0) is 18.6. The summed E-state index contributed by atoms with van der Waals surface area (Å²) < 4.78 is 1.50. The minimum atomic E-state index is -0.184. The molecule has 0 N–H and O–H groups in total. The summed E-state index contributed by atoms with van der Waals surface area (Å²) in [5.41, 5.74) is 2.09. The normalized spacial score (nSPS) is 10.8.